The molecule has 0 spiro atoms. The van der Waals surface area contributed by atoms with Crippen LogP contribution in [0, 0.1) is 14.9 Å². The third-order valence-corrected chi connectivity index (χ3v) is 5.54. The predicted octanol–water partition coefficient (Wildman–Crippen LogP) is 6.19. The van der Waals surface area contributed by atoms with E-state index in [0.29, 0.717) is 29.4 Å². The van der Waals surface area contributed by atoms with Crippen LogP contribution >= 0.6 is 38.5 Å². The van der Waals surface area contributed by atoms with Gasteiger partial charge < -0.3 is 14.8 Å². The third-order valence-electron chi connectivity index (χ3n) is 4.29. The molecule has 0 radical (unpaired) electrons. The molecule has 7 heteroatoms. The number of carbonyl (C=O) groups is 1. The van der Waals surface area contributed by atoms with Crippen LogP contribution in [-0.4, -0.2) is 13.0 Å². The lowest BCUT2D eigenvalue weighted by Crippen LogP contribution is -2.13. The predicted molar refractivity (Wildman–Crippen MR) is 133 cm³/mol. The highest BCUT2D eigenvalue weighted by Crippen LogP contribution is 2.33. The molecule has 0 aliphatic carbocycles. The smallest absolute Gasteiger partial charge is 0.266 e. The molecule has 3 aromatic rings. The average Bonchev–Trinajstić information content (AvgIpc) is 2.78. The van der Waals surface area contributed by atoms with E-state index in [0.717, 1.165) is 13.6 Å². The second kappa shape index (κ2) is 11.0. The summed E-state index contributed by atoms with van der Waals surface area (Å²) >= 11 is 5.60. The zero-order valence-electron chi connectivity index (χ0n) is 16.6. The van der Waals surface area contributed by atoms with Crippen LogP contribution < -0.4 is 14.8 Å². The van der Waals surface area contributed by atoms with Gasteiger partial charge in [0.05, 0.1) is 7.11 Å². The zero-order valence-corrected chi connectivity index (χ0v) is 20.3. The van der Waals surface area contributed by atoms with Gasteiger partial charge in [0.2, 0.25) is 0 Å². The molecule has 5 nitrogen and oxygen atoms in total. The summed E-state index contributed by atoms with van der Waals surface area (Å²) in [5.74, 6) is 0.481. The summed E-state index contributed by atoms with van der Waals surface area (Å²) < 4.78 is 13.5. The van der Waals surface area contributed by atoms with Crippen molar-refractivity contribution in [1.82, 2.24) is 0 Å². The number of nitriles is 1. The van der Waals surface area contributed by atoms with Crippen molar-refractivity contribution in [3.63, 3.8) is 0 Å². The molecule has 0 atom stereocenters. The van der Waals surface area contributed by atoms with E-state index in [1.807, 2.05) is 42.5 Å². The molecule has 0 saturated heterocycles. The first-order valence-electron chi connectivity index (χ1n) is 9.23. The number of nitrogens with zero attached hydrogens (tertiary/aromatic N) is 1. The number of ether oxygens (including phenoxy) is 2. The molecule has 0 aromatic heterocycles. The van der Waals surface area contributed by atoms with Crippen LogP contribution in [0.25, 0.3) is 6.08 Å². The Balaban J connectivity index is 1.86. The maximum atomic E-state index is 12.6. The number of hydrogen-bond donors (Lipinski definition) is 1. The van der Waals surface area contributed by atoms with Crippen molar-refractivity contribution in [2.75, 3.05) is 12.4 Å². The maximum Gasteiger partial charge on any atom is 0.266 e. The molecule has 3 rings (SSSR count). The van der Waals surface area contributed by atoms with Gasteiger partial charge in [-0.2, -0.15) is 5.26 Å². The lowest BCUT2D eigenvalue weighted by molar-refractivity contribution is -0.112. The number of nitrogens with one attached hydrogen (secondary N) is 1. The summed E-state index contributed by atoms with van der Waals surface area (Å²) in [6.45, 7) is 0.311. The molecule has 1 N–H and O–H groups in total. The van der Waals surface area contributed by atoms with Gasteiger partial charge in [0.1, 0.15) is 18.2 Å². The lowest BCUT2D eigenvalue weighted by Gasteiger charge is -2.14. The molecule has 0 aliphatic rings. The Morgan fingerprint density at radius 2 is 1.84 bits per heavy atom. The molecule has 0 bridgehead atoms. The Morgan fingerprint density at radius 1 is 1.13 bits per heavy atom. The molecular formula is C24H18BrIN2O3. The second-order valence-corrected chi connectivity index (χ2v) is 8.59. The summed E-state index contributed by atoms with van der Waals surface area (Å²) in [7, 11) is 1.55. The average molecular weight is 589 g/mol. The van der Waals surface area contributed by atoms with Crippen LogP contribution in [0.15, 0.2) is 76.8 Å². The highest BCUT2D eigenvalue weighted by atomic mass is 127. The largest absolute Gasteiger partial charge is 0.493 e. The Hall–Kier alpha value is -2.83. The van der Waals surface area contributed by atoms with Crippen molar-refractivity contribution in [1.29, 1.82) is 5.26 Å². The van der Waals surface area contributed by atoms with E-state index in [4.69, 9.17) is 9.47 Å². The fourth-order valence-electron chi connectivity index (χ4n) is 2.73. The van der Waals surface area contributed by atoms with Crippen molar-refractivity contribution in [2.45, 2.75) is 6.61 Å². The highest BCUT2D eigenvalue weighted by molar-refractivity contribution is 14.1. The van der Waals surface area contributed by atoms with E-state index in [9.17, 15) is 10.1 Å². The van der Waals surface area contributed by atoms with Gasteiger partial charge >= 0.3 is 0 Å². The SMILES string of the molecule is COc1cccc(/C=C(\C#N)C(=O)Nc2ccc(I)cc2)c1OCc1ccc(Br)cc1. The molecule has 156 valence electrons. The highest BCUT2D eigenvalue weighted by Gasteiger charge is 2.14. The summed E-state index contributed by atoms with van der Waals surface area (Å²) in [6, 6.07) is 22.4. The minimum atomic E-state index is -0.495. The number of anilines is 1. The van der Waals surface area contributed by atoms with E-state index < -0.39 is 5.91 Å². The van der Waals surface area contributed by atoms with Crippen LogP contribution in [0.2, 0.25) is 0 Å². The zero-order chi connectivity index (χ0) is 22.2. The maximum absolute atomic E-state index is 12.6. The van der Waals surface area contributed by atoms with Crippen LogP contribution in [0.3, 0.4) is 0 Å². The van der Waals surface area contributed by atoms with Gasteiger partial charge in [0.25, 0.3) is 5.91 Å². The fourth-order valence-corrected chi connectivity index (χ4v) is 3.36. The van der Waals surface area contributed by atoms with Crippen molar-refractivity contribution in [2.24, 2.45) is 0 Å². The van der Waals surface area contributed by atoms with Crippen molar-refractivity contribution in [3.8, 4) is 17.6 Å². The molecule has 1 amide bonds. The van der Waals surface area contributed by atoms with Crippen molar-refractivity contribution >= 4 is 56.2 Å². The van der Waals surface area contributed by atoms with Gasteiger partial charge in [0.15, 0.2) is 11.5 Å². The van der Waals surface area contributed by atoms with Gasteiger partial charge in [-0.3, -0.25) is 4.79 Å². The van der Waals surface area contributed by atoms with Crippen molar-refractivity contribution < 1.29 is 14.3 Å². The Bertz CT molecular complexity index is 1140. The van der Waals surface area contributed by atoms with E-state index in [2.05, 4.69) is 43.8 Å². The van der Waals surface area contributed by atoms with Crippen LogP contribution in [0.1, 0.15) is 11.1 Å². The molecule has 3 aromatic carbocycles. The number of rotatable bonds is 7. The molecule has 0 saturated carbocycles. The van der Waals surface area contributed by atoms with Crippen LogP contribution in [0.4, 0.5) is 5.69 Å². The monoisotopic (exact) mass is 588 g/mol. The van der Waals surface area contributed by atoms with E-state index >= 15 is 0 Å². The quantitative estimate of drug-likeness (QED) is 0.203. The minimum Gasteiger partial charge on any atom is -0.493 e. The van der Waals surface area contributed by atoms with Gasteiger partial charge in [-0.15, -0.1) is 0 Å². The summed E-state index contributed by atoms with van der Waals surface area (Å²) in [4.78, 5) is 12.6. The number of amides is 1. The van der Waals surface area contributed by atoms with E-state index in [1.165, 1.54) is 6.08 Å². The molecule has 0 heterocycles. The van der Waals surface area contributed by atoms with Crippen LogP contribution in [0.5, 0.6) is 11.5 Å². The van der Waals surface area contributed by atoms with Crippen LogP contribution in [-0.2, 0) is 11.4 Å². The van der Waals surface area contributed by atoms with Gasteiger partial charge in [0, 0.05) is 19.3 Å². The lowest BCUT2D eigenvalue weighted by atomic mass is 10.1. The van der Waals surface area contributed by atoms with E-state index in [-0.39, 0.29) is 5.57 Å². The normalized spacial score (nSPS) is 10.8. The first-order chi connectivity index (χ1) is 15.0. The minimum absolute atomic E-state index is 0.0414. The number of carbonyl (C=O) groups excluding carboxylic acids is 1. The first kappa shape index (κ1) is 22.8. The third kappa shape index (κ3) is 6.32. The van der Waals surface area contributed by atoms with Gasteiger partial charge in [-0.1, -0.05) is 40.2 Å². The molecule has 31 heavy (non-hydrogen) atoms. The Labute approximate surface area is 203 Å². The molecular weight excluding hydrogens is 571 g/mol. The second-order valence-electron chi connectivity index (χ2n) is 6.42. The van der Waals surface area contributed by atoms with E-state index in [1.54, 1.807) is 37.4 Å². The summed E-state index contributed by atoms with van der Waals surface area (Å²) in [5.41, 5.74) is 2.12. The van der Waals surface area contributed by atoms with Gasteiger partial charge in [-0.05, 0) is 76.7 Å². The van der Waals surface area contributed by atoms with Crippen molar-refractivity contribution in [3.05, 3.63) is 91.5 Å². The number of benzene rings is 3. The molecule has 0 unspecified atom stereocenters. The first-order valence-corrected chi connectivity index (χ1v) is 11.1. The standard InChI is InChI=1S/C24H18BrIN2O3/c1-30-22-4-2-3-17(23(22)31-15-16-5-7-19(25)8-6-16)13-18(14-27)24(29)28-21-11-9-20(26)10-12-21/h2-13H,15H2,1H3,(H,28,29)/b18-13+. The number of halogens is 2. The molecule has 0 fully saturated rings. The molecule has 0 aliphatic heterocycles. The number of methoxy groups -OCH3 is 1. The summed E-state index contributed by atoms with van der Waals surface area (Å²) in [5, 5.41) is 12.3. The summed E-state index contributed by atoms with van der Waals surface area (Å²) in [6.07, 6.45) is 1.50. The van der Waals surface area contributed by atoms with Gasteiger partial charge in [-0.25, -0.2) is 0 Å². The Morgan fingerprint density at radius 3 is 2.48 bits per heavy atom. The fraction of sp³-hybridized carbons (Fsp3) is 0.0833. The topological polar surface area (TPSA) is 71.3 Å². The number of para-hydroxylation sites is 1. The Kier molecular flexibility index (Phi) is 8.09. The number of hydrogen-bond acceptors (Lipinski definition) is 4.